The van der Waals surface area contributed by atoms with E-state index in [0.717, 1.165) is 5.57 Å². The molecule has 2 N–H and O–H groups in total. The predicted octanol–water partition coefficient (Wildman–Crippen LogP) is 5.06. The fourth-order valence-corrected chi connectivity index (χ4v) is 0.246. The van der Waals surface area contributed by atoms with Crippen molar-refractivity contribution in [3.63, 3.8) is 0 Å². The smallest absolute Gasteiger partial charge is 0.00242 e. The molecular weight excluding hydrogens is 182 g/mol. The van der Waals surface area contributed by atoms with E-state index in [1.165, 1.54) is 5.57 Å². The summed E-state index contributed by atoms with van der Waals surface area (Å²) in [6.45, 7) is 22.9. The molecule has 1 heteroatoms. The first-order valence-electron chi connectivity index (χ1n) is 5.61. The molecule has 0 amide bonds. The van der Waals surface area contributed by atoms with E-state index in [1.54, 1.807) is 6.92 Å². The third-order valence-electron chi connectivity index (χ3n) is 1.11. The van der Waals surface area contributed by atoms with Gasteiger partial charge in [-0.2, -0.15) is 0 Å². The summed E-state index contributed by atoms with van der Waals surface area (Å²) >= 11 is 0. The van der Waals surface area contributed by atoms with Crippen molar-refractivity contribution in [3.8, 4) is 0 Å². The Bertz CT molecular complexity index is 160. The molecule has 0 aromatic heterocycles. The van der Waals surface area contributed by atoms with Crippen molar-refractivity contribution >= 4 is 0 Å². The van der Waals surface area contributed by atoms with E-state index in [-0.39, 0.29) is 0 Å². The highest BCUT2D eigenvalue weighted by Gasteiger charge is 1.81. The van der Waals surface area contributed by atoms with E-state index in [2.05, 4.69) is 26.2 Å². The molecule has 0 spiro atoms. The Hall–Kier alpha value is -0.980. The summed E-state index contributed by atoms with van der Waals surface area (Å²) in [5, 5.41) is 0. The van der Waals surface area contributed by atoms with Crippen LogP contribution in [0, 0.1) is 0 Å². The Balaban J connectivity index is -0.0000000647. The molecule has 0 aliphatic rings. The van der Waals surface area contributed by atoms with Crippen LogP contribution in [0.25, 0.3) is 0 Å². The van der Waals surface area contributed by atoms with Gasteiger partial charge in [-0.05, 0) is 33.4 Å². The zero-order chi connectivity index (χ0) is 13.4. The molecule has 0 fully saturated rings. The maximum atomic E-state index is 4.92. The molecule has 0 saturated carbocycles. The molecule has 0 rings (SSSR count). The zero-order valence-corrected chi connectivity index (χ0v) is 12.1. The molecule has 92 valence electrons. The second kappa shape index (κ2) is 23.1. The van der Waals surface area contributed by atoms with E-state index < -0.39 is 0 Å². The first-order chi connectivity index (χ1) is 6.91. The normalized spacial score (nSPS) is 7.87. The fourth-order valence-electron chi connectivity index (χ4n) is 0.246. The lowest BCUT2D eigenvalue weighted by molar-refractivity contribution is 1.34. The van der Waals surface area contributed by atoms with Gasteiger partial charge in [-0.3, -0.25) is 0 Å². The minimum absolute atomic E-state index is 0.667. The summed E-state index contributed by atoms with van der Waals surface area (Å²) < 4.78 is 0. The second-order valence-electron chi connectivity index (χ2n) is 2.60. The van der Waals surface area contributed by atoms with Crippen molar-refractivity contribution < 1.29 is 0 Å². The number of hydrogen-bond acceptors (Lipinski definition) is 1. The summed E-state index contributed by atoms with van der Waals surface area (Å²) in [6, 6.07) is 0. The van der Waals surface area contributed by atoms with Gasteiger partial charge in [0.15, 0.2) is 0 Å². The monoisotopic (exact) mass is 213 g/mol. The third kappa shape index (κ3) is 62.7. The standard InChI is InChI=1S/C7H12.C3H7N.2C2H6/c1-5-7(4)6(2)3;1-3(2)4;2*1-2/h5H,2H2,1,3-4H3;1,4H2,2H3;2*1-2H3/b7-5-;;;. The highest BCUT2D eigenvalue weighted by atomic mass is 14.5. The number of hydrogen-bond donors (Lipinski definition) is 1. The van der Waals surface area contributed by atoms with Crippen molar-refractivity contribution in [2.45, 2.75) is 55.4 Å². The second-order valence-corrected chi connectivity index (χ2v) is 2.60. The summed E-state index contributed by atoms with van der Waals surface area (Å²) in [5.41, 5.74) is 8.02. The van der Waals surface area contributed by atoms with E-state index in [4.69, 9.17) is 5.73 Å². The highest BCUT2D eigenvalue weighted by Crippen LogP contribution is 2.02. The SMILES string of the molecule is C=C(C)/C(C)=C\C.C=C(C)N.CC.CC. The molecule has 0 aliphatic carbocycles. The lowest BCUT2D eigenvalue weighted by Gasteiger charge is -1.92. The summed E-state index contributed by atoms with van der Waals surface area (Å²) in [4.78, 5) is 0. The molecule has 0 unspecified atom stereocenters. The molecule has 0 saturated heterocycles. The van der Waals surface area contributed by atoms with Gasteiger partial charge in [0.25, 0.3) is 0 Å². The van der Waals surface area contributed by atoms with Crippen LogP contribution < -0.4 is 5.73 Å². The Morgan fingerprint density at radius 3 is 1.13 bits per heavy atom. The Kier molecular flexibility index (Phi) is 36.5. The van der Waals surface area contributed by atoms with Crippen molar-refractivity contribution in [1.82, 2.24) is 0 Å². The molecule has 0 bridgehead atoms. The first-order valence-corrected chi connectivity index (χ1v) is 5.61. The highest BCUT2D eigenvalue weighted by molar-refractivity contribution is 5.22. The van der Waals surface area contributed by atoms with Gasteiger partial charge in [0.2, 0.25) is 0 Å². The number of allylic oxidation sites excluding steroid dienone is 4. The van der Waals surface area contributed by atoms with Crippen LogP contribution in [0.3, 0.4) is 0 Å². The van der Waals surface area contributed by atoms with Crippen molar-refractivity contribution in [3.05, 3.63) is 36.1 Å². The van der Waals surface area contributed by atoms with Gasteiger partial charge in [-0.25, -0.2) is 0 Å². The van der Waals surface area contributed by atoms with E-state index in [1.807, 2.05) is 41.5 Å². The van der Waals surface area contributed by atoms with Crippen molar-refractivity contribution in [1.29, 1.82) is 0 Å². The average Bonchev–Trinajstić information content (AvgIpc) is 2.21. The van der Waals surface area contributed by atoms with Crippen LogP contribution in [0.5, 0.6) is 0 Å². The van der Waals surface area contributed by atoms with Crippen LogP contribution in [-0.4, -0.2) is 0 Å². The van der Waals surface area contributed by atoms with Gasteiger partial charge < -0.3 is 5.73 Å². The molecule has 1 nitrogen and oxygen atoms in total. The first kappa shape index (κ1) is 23.7. The molecular formula is C14H31N. The van der Waals surface area contributed by atoms with Gasteiger partial charge in [0.05, 0.1) is 0 Å². The van der Waals surface area contributed by atoms with E-state index in [0.29, 0.717) is 5.70 Å². The number of rotatable bonds is 1. The van der Waals surface area contributed by atoms with Crippen LogP contribution in [0.1, 0.15) is 55.4 Å². The molecule has 0 aromatic rings. The van der Waals surface area contributed by atoms with Gasteiger partial charge in [0, 0.05) is 0 Å². The van der Waals surface area contributed by atoms with Gasteiger partial charge >= 0.3 is 0 Å². The maximum Gasteiger partial charge on any atom is -0.00242 e. The largest absolute Gasteiger partial charge is 0.403 e. The molecule has 0 aromatic carbocycles. The number of nitrogens with two attached hydrogens (primary N) is 1. The molecule has 0 heterocycles. The summed E-state index contributed by atoms with van der Waals surface area (Å²) in [6.07, 6.45) is 2.06. The third-order valence-corrected chi connectivity index (χ3v) is 1.11. The molecule has 0 radical (unpaired) electrons. The van der Waals surface area contributed by atoms with Crippen LogP contribution in [0.15, 0.2) is 36.1 Å². The van der Waals surface area contributed by atoms with Crippen LogP contribution in [-0.2, 0) is 0 Å². The lowest BCUT2D eigenvalue weighted by atomic mass is 10.2. The van der Waals surface area contributed by atoms with Gasteiger partial charge in [-0.1, -0.05) is 58.1 Å². The van der Waals surface area contributed by atoms with E-state index >= 15 is 0 Å². The van der Waals surface area contributed by atoms with Crippen molar-refractivity contribution in [2.75, 3.05) is 0 Å². The van der Waals surface area contributed by atoms with E-state index in [9.17, 15) is 0 Å². The average molecular weight is 213 g/mol. The quantitative estimate of drug-likeness (QED) is 0.605. The molecule has 0 atom stereocenters. The fraction of sp³-hybridized carbons (Fsp3) is 0.571. The summed E-state index contributed by atoms with van der Waals surface area (Å²) in [5.74, 6) is 0. The van der Waals surface area contributed by atoms with Crippen LogP contribution in [0.2, 0.25) is 0 Å². The zero-order valence-electron chi connectivity index (χ0n) is 12.1. The maximum absolute atomic E-state index is 4.92. The minimum atomic E-state index is 0.667. The van der Waals surface area contributed by atoms with Crippen LogP contribution >= 0.6 is 0 Å². The van der Waals surface area contributed by atoms with Crippen LogP contribution in [0.4, 0.5) is 0 Å². The lowest BCUT2D eigenvalue weighted by Crippen LogP contribution is -1.83. The molecule has 0 aliphatic heterocycles. The van der Waals surface area contributed by atoms with Gasteiger partial charge in [-0.15, -0.1) is 0 Å². The summed E-state index contributed by atoms with van der Waals surface area (Å²) in [7, 11) is 0. The molecule has 15 heavy (non-hydrogen) atoms. The Morgan fingerprint density at radius 2 is 1.13 bits per heavy atom. The topological polar surface area (TPSA) is 26.0 Å². The Morgan fingerprint density at radius 1 is 0.933 bits per heavy atom. The minimum Gasteiger partial charge on any atom is -0.403 e. The van der Waals surface area contributed by atoms with Gasteiger partial charge in [0.1, 0.15) is 0 Å². The Labute approximate surface area is 97.8 Å². The predicted molar refractivity (Wildman–Crippen MR) is 75.9 cm³/mol. The van der Waals surface area contributed by atoms with Crippen molar-refractivity contribution in [2.24, 2.45) is 5.73 Å².